The van der Waals surface area contributed by atoms with Crippen LogP contribution in [-0.4, -0.2) is 33.3 Å². The summed E-state index contributed by atoms with van der Waals surface area (Å²) in [5, 5.41) is 2.95. The van der Waals surface area contributed by atoms with Gasteiger partial charge in [-0.25, -0.2) is 8.78 Å². The number of amides is 1. The van der Waals surface area contributed by atoms with Gasteiger partial charge in [-0.3, -0.25) is 4.79 Å². The Morgan fingerprint density at radius 2 is 1.81 bits per heavy atom. The number of hydrogen-bond donors (Lipinski definition) is 1. The maximum Gasteiger partial charge on any atom is 0.251 e. The van der Waals surface area contributed by atoms with E-state index in [2.05, 4.69) is 5.32 Å². The van der Waals surface area contributed by atoms with E-state index in [4.69, 9.17) is 9.47 Å². The molecule has 2 aromatic carbocycles. The van der Waals surface area contributed by atoms with Crippen molar-refractivity contribution in [2.45, 2.75) is 19.3 Å². The Kier molecular flexibility index (Phi) is 5.75. The summed E-state index contributed by atoms with van der Waals surface area (Å²) in [6.45, 7) is 1.20. The molecule has 4 nitrogen and oxygen atoms in total. The summed E-state index contributed by atoms with van der Waals surface area (Å²) in [5.74, 6) is -1.56. The second-order valence-corrected chi connectivity index (χ2v) is 7.01. The van der Waals surface area contributed by atoms with Gasteiger partial charge in [0.2, 0.25) is 0 Å². The molecular weight excluding hydrogens is 352 g/mol. The third-order valence-electron chi connectivity index (χ3n) is 5.19. The average Bonchev–Trinajstić information content (AvgIpc) is 2.65. The maximum absolute atomic E-state index is 14.2. The van der Waals surface area contributed by atoms with Crippen molar-refractivity contribution in [3.63, 3.8) is 0 Å². The molecule has 0 aliphatic heterocycles. The number of carbonyl (C=O) groups is 1. The largest absolute Gasteiger partial charge is 0.494 e. The highest BCUT2D eigenvalue weighted by molar-refractivity contribution is 5.94. The molecule has 2 aromatic rings. The Labute approximate surface area is 157 Å². The fraction of sp³-hybridized carbons (Fsp3) is 0.381. The van der Waals surface area contributed by atoms with E-state index in [1.807, 2.05) is 0 Å². The minimum absolute atomic E-state index is 0.0358. The molecular formula is C21H23F2NO3. The Morgan fingerprint density at radius 1 is 1.11 bits per heavy atom. The quantitative estimate of drug-likeness (QED) is 0.790. The van der Waals surface area contributed by atoms with Crippen LogP contribution < -0.4 is 10.1 Å². The first-order chi connectivity index (χ1) is 13.0. The number of halogens is 2. The number of methoxy groups -OCH3 is 2. The van der Waals surface area contributed by atoms with Crippen LogP contribution in [0.15, 0.2) is 36.4 Å². The van der Waals surface area contributed by atoms with E-state index in [1.54, 1.807) is 31.4 Å². The van der Waals surface area contributed by atoms with Crippen LogP contribution in [0.25, 0.3) is 11.1 Å². The van der Waals surface area contributed by atoms with Crippen molar-refractivity contribution in [3.8, 4) is 16.9 Å². The minimum Gasteiger partial charge on any atom is -0.494 e. The molecule has 1 amide bonds. The lowest BCUT2D eigenvalue weighted by molar-refractivity contribution is 0.0180. The van der Waals surface area contributed by atoms with Crippen molar-refractivity contribution in [1.82, 2.24) is 5.32 Å². The topological polar surface area (TPSA) is 47.6 Å². The molecule has 3 rings (SSSR count). The van der Waals surface area contributed by atoms with Gasteiger partial charge in [0.05, 0.1) is 13.7 Å². The van der Waals surface area contributed by atoms with Crippen LogP contribution in [0.4, 0.5) is 8.78 Å². The van der Waals surface area contributed by atoms with E-state index in [1.165, 1.54) is 7.11 Å². The number of carbonyl (C=O) groups excluding carboxylic acids is 1. The summed E-state index contributed by atoms with van der Waals surface area (Å²) in [4.78, 5) is 12.4. The van der Waals surface area contributed by atoms with Crippen LogP contribution in [-0.2, 0) is 4.74 Å². The summed E-state index contributed by atoms with van der Waals surface area (Å²) < 4.78 is 38.1. The summed E-state index contributed by atoms with van der Waals surface area (Å²) >= 11 is 0. The van der Waals surface area contributed by atoms with Crippen LogP contribution in [0.2, 0.25) is 0 Å². The lowest BCUT2D eigenvalue weighted by atomic mass is 9.69. The first-order valence-corrected chi connectivity index (χ1v) is 8.89. The molecule has 1 N–H and O–H groups in total. The normalized spacial score (nSPS) is 15.1. The molecule has 0 atom stereocenters. The average molecular weight is 375 g/mol. The third kappa shape index (κ3) is 4.11. The first-order valence-electron chi connectivity index (χ1n) is 8.89. The molecule has 27 heavy (non-hydrogen) atoms. The highest BCUT2D eigenvalue weighted by Crippen LogP contribution is 2.40. The molecule has 0 bridgehead atoms. The Hall–Kier alpha value is -2.47. The maximum atomic E-state index is 14.2. The smallest absolute Gasteiger partial charge is 0.251 e. The molecule has 0 saturated heterocycles. The predicted molar refractivity (Wildman–Crippen MR) is 98.8 cm³/mol. The van der Waals surface area contributed by atoms with E-state index < -0.39 is 11.6 Å². The van der Waals surface area contributed by atoms with Crippen molar-refractivity contribution < 1.29 is 23.0 Å². The van der Waals surface area contributed by atoms with E-state index in [9.17, 15) is 13.6 Å². The number of benzene rings is 2. The Balaban J connectivity index is 1.70. The van der Waals surface area contributed by atoms with E-state index in [-0.39, 0.29) is 22.6 Å². The molecule has 0 spiro atoms. The lowest BCUT2D eigenvalue weighted by Gasteiger charge is -2.41. The number of rotatable bonds is 7. The van der Waals surface area contributed by atoms with Gasteiger partial charge >= 0.3 is 0 Å². The van der Waals surface area contributed by atoms with E-state index in [0.29, 0.717) is 24.3 Å². The number of ether oxygens (including phenoxy) is 2. The van der Waals surface area contributed by atoms with Gasteiger partial charge in [0, 0.05) is 36.3 Å². The molecule has 1 aliphatic rings. The second-order valence-electron chi connectivity index (χ2n) is 7.01. The van der Waals surface area contributed by atoms with Crippen molar-refractivity contribution >= 4 is 5.91 Å². The van der Waals surface area contributed by atoms with Gasteiger partial charge in [-0.15, -0.1) is 0 Å². The molecule has 0 heterocycles. The van der Waals surface area contributed by atoms with Gasteiger partial charge in [0.25, 0.3) is 5.91 Å². The molecule has 0 radical (unpaired) electrons. The molecule has 144 valence electrons. The molecule has 6 heteroatoms. The summed E-state index contributed by atoms with van der Waals surface area (Å²) in [5.41, 5.74) is 1.11. The number of hydrogen-bond acceptors (Lipinski definition) is 3. The zero-order chi connectivity index (χ0) is 19.4. The summed E-state index contributed by atoms with van der Waals surface area (Å²) in [7, 11) is 2.95. The highest BCUT2D eigenvalue weighted by atomic mass is 19.1. The van der Waals surface area contributed by atoms with Crippen molar-refractivity contribution in [2.75, 3.05) is 27.4 Å². The fourth-order valence-corrected chi connectivity index (χ4v) is 3.43. The Bertz CT molecular complexity index is 817. The van der Waals surface area contributed by atoms with Gasteiger partial charge in [0.1, 0.15) is 5.82 Å². The zero-order valence-corrected chi connectivity index (χ0v) is 15.5. The first kappa shape index (κ1) is 19.3. The lowest BCUT2D eigenvalue weighted by Crippen LogP contribution is -2.45. The second kappa shape index (κ2) is 8.05. The molecule has 1 fully saturated rings. The summed E-state index contributed by atoms with van der Waals surface area (Å²) in [6, 6.07) is 8.53. The number of nitrogens with one attached hydrogen (secondary N) is 1. The zero-order valence-electron chi connectivity index (χ0n) is 15.5. The molecule has 1 saturated carbocycles. The van der Waals surface area contributed by atoms with Gasteiger partial charge < -0.3 is 14.8 Å². The van der Waals surface area contributed by atoms with Gasteiger partial charge in [0.15, 0.2) is 11.6 Å². The Morgan fingerprint density at radius 3 is 2.37 bits per heavy atom. The SMILES string of the molecule is COCC1(CNC(=O)c2ccc(-c3cc(F)c(OC)cc3F)cc2)CCC1. The standard InChI is InChI=1S/C21H23F2NO3/c1-26-13-21(8-3-9-21)12-24-20(25)15-6-4-14(5-7-15)16-10-18(23)19(27-2)11-17(16)22/h4-7,10-11H,3,8-9,12-13H2,1-2H3,(H,24,25). The van der Waals surface area contributed by atoms with Gasteiger partial charge in [-0.05, 0) is 36.6 Å². The van der Waals surface area contributed by atoms with Crippen LogP contribution >= 0.6 is 0 Å². The molecule has 0 aromatic heterocycles. The van der Waals surface area contributed by atoms with Crippen LogP contribution in [0, 0.1) is 17.0 Å². The van der Waals surface area contributed by atoms with Crippen molar-refractivity contribution in [3.05, 3.63) is 53.6 Å². The molecule has 0 unspecified atom stereocenters. The summed E-state index contributed by atoms with van der Waals surface area (Å²) in [6.07, 6.45) is 3.24. The predicted octanol–water partition coefficient (Wildman–Crippen LogP) is 4.19. The van der Waals surface area contributed by atoms with E-state index in [0.717, 1.165) is 31.4 Å². The van der Waals surface area contributed by atoms with E-state index >= 15 is 0 Å². The van der Waals surface area contributed by atoms with Crippen LogP contribution in [0.5, 0.6) is 5.75 Å². The highest BCUT2D eigenvalue weighted by Gasteiger charge is 2.37. The fourth-order valence-electron chi connectivity index (χ4n) is 3.43. The third-order valence-corrected chi connectivity index (χ3v) is 5.19. The van der Waals surface area contributed by atoms with Crippen LogP contribution in [0.3, 0.4) is 0 Å². The monoisotopic (exact) mass is 375 g/mol. The minimum atomic E-state index is -0.639. The van der Waals surface area contributed by atoms with Crippen molar-refractivity contribution in [2.24, 2.45) is 5.41 Å². The van der Waals surface area contributed by atoms with Crippen molar-refractivity contribution in [1.29, 1.82) is 0 Å². The van der Waals surface area contributed by atoms with Gasteiger partial charge in [-0.1, -0.05) is 18.6 Å². The molecule has 1 aliphatic carbocycles. The van der Waals surface area contributed by atoms with Gasteiger partial charge in [-0.2, -0.15) is 0 Å². The van der Waals surface area contributed by atoms with Crippen LogP contribution in [0.1, 0.15) is 29.6 Å².